The van der Waals surface area contributed by atoms with E-state index < -0.39 is 5.97 Å². The molecule has 0 aliphatic carbocycles. The number of guanidine groups is 1. The molecule has 0 bridgehead atoms. The maximum absolute atomic E-state index is 10.2. The summed E-state index contributed by atoms with van der Waals surface area (Å²) in [6, 6.07) is -0.376. The first-order chi connectivity index (χ1) is 5.93. The van der Waals surface area contributed by atoms with Crippen molar-refractivity contribution in [2.24, 2.45) is 11.5 Å². The topological polar surface area (TPSA) is 116 Å². The molecule has 0 spiro atoms. The second-order valence-corrected chi connectivity index (χ2v) is 2.95. The molecule has 0 aliphatic heterocycles. The van der Waals surface area contributed by atoms with Crippen LogP contribution in [0.3, 0.4) is 0 Å². The summed E-state index contributed by atoms with van der Waals surface area (Å²) in [7, 11) is 1.66. The van der Waals surface area contributed by atoms with Crippen molar-refractivity contribution in [3.63, 3.8) is 0 Å². The molecular formula is C7H16N4O2. The van der Waals surface area contributed by atoms with Crippen LogP contribution in [-0.4, -0.2) is 41.6 Å². The quantitative estimate of drug-likeness (QED) is 0.326. The zero-order chi connectivity index (χ0) is 10.4. The summed E-state index contributed by atoms with van der Waals surface area (Å²) >= 11 is 0. The molecule has 0 saturated heterocycles. The first kappa shape index (κ1) is 11.7. The van der Waals surface area contributed by atoms with Gasteiger partial charge in [0.05, 0.1) is 6.42 Å². The van der Waals surface area contributed by atoms with Gasteiger partial charge in [-0.15, -0.1) is 0 Å². The molecule has 0 aromatic rings. The van der Waals surface area contributed by atoms with E-state index in [1.807, 2.05) is 0 Å². The van der Waals surface area contributed by atoms with Gasteiger partial charge in [-0.3, -0.25) is 10.2 Å². The third-order valence-electron chi connectivity index (χ3n) is 1.68. The highest BCUT2D eigenvalue weighted by molar-refractivity contribution is 5.74. The summed E-state index contributed by atoms with van der Waals surface area (Å²) in [5.41, 5.74) is 10.7. The zero-order valence-electron chi connectivity index (χ0n) is 7.66. The number of carboxylic acids is 1. The Morgan fingerprint density at radius 1 is 1.69 bits per heavy atom. The molecule has 0 radical (unpaired) electrons. The predicted molar refractivity (Wildman–Crippen MR) is 49.4 cm³/mol. The molecule has 0 amide bonds. The Kier molecular flexibility index (Phi) is 4.83. The minimum absolute atomic E-state index is 0.0393. The highest BCUT2D eigenvalue weighted by Gasteiger charge is 2.09. The van der Waals surface area contributed by atoms with Gasteiger partial charge in [-0.1, -0.05) is 0 Å². The molecule has 0 heterocycles. The molecule has 13 heavy (non-hydrogen) atoms. The molecule has 0 aliphatic rings. The third-order valence-corrected chi connectivity index (χ3v) is 1.68. The second kappa shape index (κ2) is 5.36. The SMILES string of the molecule is CN(CCC(N)CC(=O)O)C(=N)N. The summed E-state index contributed by atoms with van der Waals surface area (Å²) < 4.78 is 0. The van der Waals surface area contributed by atoms with E-state index in [2.05, 4.69) is 0 Å². The molecule has 0 aromatic carbocycles. The van der Waals surface area contributed by atoms with Gasteiger partial charge < -0.3 is 21.5 Å². The molecule has 1 atom stereocenters. The van der Waals surface area contributed by atoms with Gasteiger partial charge in [0.1, 0.15) is 0 Å². The second-order valence-electron chi connectivity index (χ2n) is 2.95. The highest BCUT2D eigenvalue weighted by atomic mass is 16.4. The van der Waals surface area contributed by atoms with E-state index >= 15 is 0 Å². The van der Waals surface area contributed by atoms with Crippen LogP contribution >= 0.6 is 0 Å². The molecule has 1 unspecified atom stereocenters. The van der Waals surface area contributed by atoms with E-state index in [1.165, 1.54) is 4.90 Å². The lowest BCUT2D eigenvalue weighted by molar-refractivity contribution is -0.137. The van der Waals surface area contributed by atoms with Crippen LogP contribution in [0.2, 0.25) is 0 Å². The van der Waals surface area contributed by atoms with E-state index in [1.54, 1.807) is 7.05 Å². The Hall–Kier alpha value is -1.30. The first-order valence-corrected chi connectivity index (χ1v) is 3.96. The zero-order valence-corrected chi connectivity index (χ0v) is 7.66. The number of hydrogen-bond donors (Lipinski definition) is 4. The first-order valence-electron chi connectivity index (χ1n) is 3.96. The van der Waals surface area contributed by atoms with Gasteiger partial charge >= 0.3 is 5.97 Å². The summed E-state index contributed by atoms with van der Waals surface area (Å²) in [6.45, 7) is 0.504. The Morgan fingerprint density at radius 2 is 2.23 bits per heavy atom. The number of nitrogens with two attached hydrogens (primary N) is 2. The maximum Gasteiger partial charge on any atom is 0.304 e. The van der Waals surface area contributed by atoms with Crippen molar-refractivity contribution in [2.45, 2.75) is 18.9 Å². The van der Waals surface area contributed by atoms with Crippen molar-refractivity contribution >= 4 is 11.9 Å². The van der Waals surface area contributed by atoms with Crippen LogP contribution in [0.15, 0.2) is 0 Å². The van der Waals surface area contributed by atoms with Gasteiger partial charge in [-0.05, 0) is 6.42 Å². The van der Waals surface area contributed by atoms with Gasteiger partial charge in [0.15, 0.2) is 5.96 Å². The van der Waals surface area contributed by atoms with Crippen molar-refractivity contribution in [3.05, 3.63) is 0 Å². The largest absolute Gasteiger partial charge is 0.481 e. The number of hydrogen-bond acceptors (Lipinski definition) is 3. The number of nitrogens with zero attached hydrogens (tertiary/aromatic N) is 1. The Labute approximate surface area is 77.0 Å². The van der Waals surface area contributed by atoms with Gasteiger partial charge in [-0.25, -0.2) is 0 Å². The van der Waals surface area contributed by atoms with Crippen molar-refractivity contribution in [1.29, 1.82) is 5.41 Å². The summed E-state index contributed by atoms with van der Waals surface area (Å²) in [5, 5.41) is 15.4. The average Bonchev–Trinajstić information content (AvgIpc) is 1.98. The Bertz CT molecular complexity index is 195. The van der Waals surface area contributed by atoms with Crippen LogP contribution in [0.1, 0.15) is 12.8 Å². The van der Waals surface area contributed by atoms with E-state index in [4.69, 9.17) is 22.0 Å². The van der Waals surface area contributed by atoms with E-state index in [0.717, 1.165) is 0 Å². The van der Waals surface area contributed by atoms with E-state index in [0.29, 0.717) is 13.0 Å². The minimum atomic E-state index is -0.905. The van der Waals surface area contributed by atoms with Crippen molar-refractivity contribution in [1.82, 2.24) is 4.90 Å². The standard InChI is InChI=1S/C7H16N4O2/c1-11(7(9)10)3-2-5(8)4-6(12)13/h5H,2-4,8H2,1H3,(H3,9,10)(H,12,13). The van der Waals surface area contributed by atoms with Crippen LogP contribution in [-0.2, 0) is 4.79 Å². The number of carboxylic acid groups (broad SMARTS) is 1. The smallest absolute Gasteiger partial charge is 0.304 e. The number of rotatable bonds is 5. The Balaban J connectivity index is 3.63. The van der Waals surface area contributed by atoms with E-state index in [-0.39, 0.29) is 18.4 Å². The number of carbonyl (C=O) groups is 1. The van der Waals surface area contributed by atoms with E-state index in [9.17, 15) is 4.79 Å². The average molecular weight is 188 g/mol. The fourth-order valence-electron chi connectivity index (χ4n) is 0.806. The lowest BCUT2D eigenvalue weighted by atomic mass is 10.1. The van der Waals surface area contributed by atoms with Crippen molar-refractivity contribution < 1.29 is 9.90 Å². The summed E-state index contributed by atoms with van der Waals surface area (Å²) in [6.07, 6.45) is 0.466. The van der Waals surface area contributed by atoms with Gasteiger partial charge in [0.2, 0.25) is 0 Å². The van der Waals surface area contributed by atoms with Crippen molar-refractivity contribution in [2.75, 3.05) is 13.6 Å². The fourth-order valence-corrected chi connectivity index (χ4v) is 0.806. The van der Waals surface area contributed by atoms with Crippen LogP contribution in [0, 0.1) is 5.41 Å². The maximum atomic E-state index is 10.2. The molecular weight excluding hydrogens is 172 g/mol. The summed E-state index contributed by atoms with van der Waals surface area (Å²) in [5.74, 6) is -0.944. The third kappa shape index (κ3) is 5.92. The van der Waals surface area contributed by atoms with Gasteiger partial charge in [0.25, 0.3) is 0 Å². The molecule has 6 heteroatoms. The monoisotopic (exact) mass is 188 g/mol. The number of aliphatic carboxylic acids is 1. The van der Waals surface area contributed by atoms with Crippen LogP contribution in [0.5, 0.6) is 0 Å². The molecule has 76 valence electrons. The molecule has 0 saturated carbocycles. The summed E-state index contributed by atoms with van der Waals surface area (Å²) in [4.78, 5) is 11.7. The molecule has 6 nitrogen and oxygen atoms in total. The fraction of sp³-hybridized carbons (Fsp3) is 0.714. The lowest BCUT2D eigenvalue weighted by Crippen LogP contribution is -2.36. The lowest BCUT2D eigenvalue weighted by Gasteiger charge is -2.18. The Morgan fingerprint density at radius 3 is 2.62 bits per heavy atom. The van der Waals surface area contributed by atoms with Crippen molar-refractivity contribution in [3.8, 4) is 0 Å². The minimum Gasteiger partial charge on any atom is -0.481 e. The normalized spacial score (nSPS) is 12.2. The number of nitrogens with one attached hydrogen (secondary N) is 1. The molecule has 0 aromatic heterocycles. The molecule has 6 N–H and O–H groups in total. The van der Waals surface area contributed by atoms with Gasteiger partial charge in [-0.2, -0.15) is 0 Å². The van der Waals surface area contributed by atoms with Gasteiger partial charge in [0, 0.05) is 19.6 Å². The van der Waals surface area contributed by atoms with Crippen LogP contribution in [0.25, 0.3) is 0 Å². The predicted octanol–water partition coefficient (Wildman–Crippen LogP) is -0.996. The highest BCUT2D eigenvalue weighted by Crippen LogP contribution is 1.96. The molecule has 0 rings (SSSR count). The van der Waals surface area contributed by atoms with Crippen LogP contribution in [0.4, 0.5) is 0 Å². The molecule has 0 fully saturated rings. The van der Waals surface area contributed by atoms with Crippen LogP contribution < -0.4 is 11.5 Å².